The molecule has 32 heavy (non-hydrogen) atoms. The Labute approximate surface area is 194 Å². The molecule has 0 bridgehead atoms. The van der Waals surface area contributed by atoms with E-state index in [1.165, 1.54) is 5.38 Å². The van der Waals surface area contributed by atoms with Crippen LogP contribution >= 0.6 is 34.7 Å². The molecule has 2 heterocycles. The molecule has 1 aliphatic heterocycles. The average Bonchev–Trinajstić information content (AvgIpc) is 3.19. The minimum atomic E-state index is -4.94. The van der Waals surface area contributed by atoms with E-state index in [1.54, 1.807) is 0 Å². The number of aromatic nitrogens is 1. The Hall–Kier alpha value is -2.47. The summed E-state index contributed by atoms with van der Waals surface area (Å²) in [5, 5.41) is 8.39. The number of carbonyl (C=O) groups excluding carboxylic acids is 4. The smallest absolute Gasteiger partial charge is 0.363 e. The van der Waals surface area contributed by atoms with Crippen molar-refractivity contribution in [2.75, 3.05) is 31.2 Å². The minimum Gasteiger partial charge on any atom is -0.468 e. The molecular weight excluding hydrogens is 514 g/mol. The van der Waals surface area contributed by atoms with Crippen LogP contribution in [0.4, 0.5) is 5.13 Å². The van der Waals surface area contributed by atoms with Gasteiger partial charge in [0.15, 0.2) is 10.8 Å². The molecule has 3 N–H and O–H groups in total. The van der Waals surface area contributed by atoms with Crippen LogP contribution in [0.25, 0.3) is 0 Å². The van der Waals surface area contributed by atoms with Crippen LogP contribution in [0.5, 0.6) is 0 Å². The van der Waals surface area contributed by atoms with E-state index in [-0.39, 0.29) is 32.5 Å². The van der Waals surface area contributed by atoms with Crippen molar-refractivity contribution < 1.29 is 41.7 Å². The summed E-state index contributed by atoms with van der Waals surface area (Å²) in [6, 6.07) is -1.42. The maximum Gasteiger partial charge on any atom is 0.363 e. The van der Waals surface area contributed by atoms with E-state index in [2.05, 4.69) is 30.3 Å². The van der Waals surface area contributed by atoms with Gasteiger partial charge in [-0.05, 0) is 0 Å². The number of halogens is 1. The van der Waals surface area contributed by atoms with Gasteiger partial charge in [0, 0.05) is 5.38 Å². The molecule has 2 atom stereocenters. The standard InChI is InChI=1S/C14H16ClN5O9S3/c1-28-8(22)5-30-13-10(12(24)20(13)32(25,26)27)18-11(23)9(19-29-2)6-4-31-14(16-6)17-7(21)3-15/h4,10,13H,3,5H2,1-2H3,(H,18,23)(H,16,17,21)(H,25,26,27)/t10-,13?/m1/s1. The van der Waals surface area contributed by atoms with E-state index in [1.807, 2.05) is 0 Å². The molecule has 0 saturated carbocycles. The lowest BCUT2D eigenvalue weighted by Crippen LogP contribution is -2.71. The lowest BCUT2D eigenvalue weighted by Gasteiger charge is -2.43. The van der Waals surface area contributed by atoms with Gasteiger partial charge in [0.25, 0.3) is 11.8 Å². The molecule has 18 heteroatoms. The van der Waals surface area contributed by atoms with Gasteiger partial charge >= 0.3 is 16.3 Å². The topological polar surface area (TPSA) is 194 Å². The van der Waals surface area contributed by atoms with Crippen LogP contribution in [-0.4, -0.2) is 88.9 Å². The molecule has 14 nitrogen and oxygen atoms in total. The number of hydrogen-bond donors (Lipinski definition) is 3. The quantitative estimate of drug-likeness (QED) is 0.0842. The van der Waals surface area contributed by atoms with Crippen LogP contribution in [0.3, 0.4) is 0 Å². The highest BCUT2D eigenvalue weighted by Crippen LogP contribution is 2.32. The number of ether oxygens (including phenoxy) is 1. The van der Waals surface area contributed by atoms with Gasteiger partial charge in [-0.2, -0.15) is 12.7 Å². The van der Waals surface area contributed by atoms with Crippen molar-refractivity contribution in [1.29, 1.82) is 0 Å². The van der Waals surface area contributed by atoms with E-state index < -0.39 is 45.4 Å². The third-order valence-electron chi connectivity index (χ3n) is 3.65. The number of esters is 1. The number of hydrogen-bond acceptors (Lipinski definition) is 12. The zero-order valence-corrected chi connectivity index (χ0v) is 19.5. The van der Waals surface area contributed by atoms with E-state index >= 15 is 0 Å². The number of oxime groups is 1. The lowest BCUT2D eigenvalue weighted by atomic mass is 10.1. The van der Waals surface area contributed by atoms with Crippen molar-refractivity contribution in [3.8, 4) is 0 Å². The third-order valence-corrected chi connectivity index (χ3v) is 6.91. The van der Waals surface area contributed by atoms with Gasteiger partial charge in [-0.1, -0.05) is 5.16 Å². The van der Waals surface area contributed by atoms with Crippen molar-refractivity contribution in [3.05, 3.63) is 11.1 Å². The zero-order chi connectivity index (χ0) is 24.1. The maximum atomic E-state index is 12.7. The summed E-state index contributed by atoms with van der Waals surface area (Å²) < 4.78 is 36.8. The molecule has 1 unspecified atom stereocenters. The van der Waals surface area contributed by atoms with Crippen LogP contribution in [0.1, 0.15) is 5.69 Å². The van der Waals surface area contributed by atoms with E-state index in [0.717, 1.165) is 25.6 Å². The molecule has 176 valence electrons. The first-order valence-electron chi connectivity index (χ1n) is 8.26. The number of nitrogens with zero attached hydrogens (tertiary/aromatic N) is 3. The van der Waals surface area contributed by atoms with Gasteiger partial charge in [-0.25, -0.2) is 4.98 Å². The van der Waals surface area contributed by atoms with Crippen LogP contribution in [0.15, 0.2) is 10.5 Å². The Balaban J connectivity index is 2.21. The van der Waals surface area contributed by atoms with Crippen molar-refractivity contribution in [3.63, 3.8) is 0 Å². The number of amides is 3. The second kappa shape index (κ2) is 10.9. The lowest BCUT2D eigenvalue weighted by molar-refractivity contribution is -0.141. The Bertz CT molecular complexity index is 1040. The predicted molar refractivity (Wildman–Crippen MR) is 114 cm³/mol. The number of thioether (sulfide) groups is 1. The monoisotopic (exact) mass is 529 g/mol. The Morgan fingerprint density at radius 2 is 2.09 bits per heavy atom. The van der Waals surface area contributed by atoms with Crippen molar-refractivity contribution in [2.45, 2.75) is 11.4 Å². The van der Waals surface area contributed by atoms with Crippen molar-refractivity contribution in [1.82, 2.24) is 14.6 Å². The van der Waals surface area contributed by atoms with Gasteiger partial charge in [-0.15, -0.1) is 34.7 Å². The van der Waals surface area contributed by atoms with Gasteiger partial charge in [0.1, 0.15) is 30.1 Å². The second-order valence-corrected chi connectivity index (χ2v) is 9.20. The highest BCUT2D eigenvalue weighted by Gasteiger charge is 2.54. The molecule has 1 aromatic rings. The summed E-state index contributed by atoms with van der Waals surface area (Å²) in [6.45, 7) is 0. The normalized spacial score (nSPS) is 18.6. The van der Waals surface area contributed by atoms with Gasteiger partial charge in [0.2, 0.25) is 5.91 Å². The van der Waals surface area contributed by atoms with E-state index in [4.69, 9.17) is 11.6 Å². The molecule has 1 saturated heterocycles. The molecule has 3 amide bonds. The highest BCUT2D eigenvalue weighted by atomic mass is 35.5. The number of anilines is 1. The highest BCUT2D eigenvalue weighted by molar-refractivity contribution is 8.01. The van der Waals surface area contributed by atoms with Crippen molar-refractivity contribution >= 4 is 79.5 Å². The summed E-state index contributed by atoms with van der Waals surface area (Å²) in [4.78, 5) is 56.3. The molecular formula is C14H16ClN5O9S3. The average molecular weight is 530 g/mol. The number of rotatable bonds is 10. The summed E-state index contributed by atoms with van der Waals surface area (Å²) in [5.74, 6) is -4.02. The number of carbonyl (C=O) groups is 4. The van der Waals surface area contributed by atoms with Crippen LogP contribution in [-0.2, 0) is 39.1 Å². The summed E-state index contributed by atoms with van der Waals surface area (Å²) in [5.41, 5.74) is -0.402. The maximum absolute atomic E-state index is 12.7. The van der Waals surface area contributed by atoms with Crippen molar-refractivity contribution in [2.24, 2.45) is 5.16 Å². The minimum absolute atomic E-state index is 0.0172. The first-order valence-corrected chi connectivity index (χ1v) is 12.1. The number of thiazole rings is 1. The van der Waals surface area contributed by atoms with Crippen LogP contribution < -0.4 is 10.6 Å². The molecule has 0 aromatic carbocycles. The molecule has 0 aliphatic carbocycles. The summed E-state index contributed by atoms with van der Waals surface area (Å²) in [7, 11) is -2.68. The number of nitrogens with one attached hydrogen (secondary N) is 2. The van der Waals surface area contributed by atoms with E-state index in [9.17, 15) is 32.1 Å². The molecule has 1 aliphatic rings. The first kappa shape index (κ1) is 25.8. The predicted octanol–water partition coefficient (Wildman–Crippen LogP) is -0.967. The second-order valence-electron chi connectivity index (χ2n) is 5.68. The fourth-order valence-electron chi connectivity index (χ4n) is 2.29. The largest absolute Gasteiger partial charge is 0.468 e. The Kier molecular flexibility index (Phi) is 8.79. The first-order chi connectivity index (χ1) is 15.0. The number of methoxy groups -OCH3 is 1. The molecule has 0 radical (unpaired) electrons. The van der Waals surface area contributed by atoms with Gasteiger partial charge < -0.3 is 20.2 Å². The van der Waals surface area contributed by atoms with Crippen LogP contribution in [0.2, 0.25) is 0 Å². The van der Waals surface area contributed by atoms with Gasteiger partial charge in [-0.3, -0.25) is 23.7 Å². The van der Waals surface area contributed by atoms with Gasteiger partial charge in [0.05, 0.1) is 12.9 Å². The molecule has 2 rings (SSSR count). The number of alkyl halides is 1. The SMILES string of the molecule is CON=C(C(=O)N[C@@H]1C(=O)N(S(=O)(=O)O)C1SCC(=O)OC)c1csc(NC(=O)CCl)n1. The summed E-state index contributed by atoms with van der Waals surface area (Å²) in [6.07, 6.45) is 0. The third kappa shape index (κ3) is 6.06. The molecule has 0 spiro atoms. The fourth-order valence-corrected chi connectivity index (χ4v) is 5.34. The molecule has 1 fully saturated rings. The van der Waals surface area contributed by atoms with Crippen LogP contribution in [0, 0.1) is 0 Å². The van der Waals surface area contributed by atoms with E-state index in [0.29, 0.717) is 11.8 Å². The zero-order valence-electron chi connectivity index (χ0n) is 16.3. The molecule has 1 aromatic heterocycles. The summed E-state index contributed by atoms with van der Waals surface area (Å²) >= 11 is 7.02. The fraction of sp³-hybridized carbons (Fsp3) is 0.429. The Morgan fingerprint density at radius 3 is 2.66 bits per heavy atom. The Morgan fingerprint density at radius 1 is 1.41 bits per heavy atom. The number of β-lactam (4-membered cyclic amide) rings is 1.